The highest BCUT2D eigenvalue weighted by Crippen LogP contribution is 2.15. The predicted molar refractivity (Wildman–Crippen MR) is 88.4 cm³/mol. The van der Waals surface area contributed by atoms with Crippen LogP contribution in [0.1, 0.15) is 26.1 Å². The Hall–Kier alpha value is -2.43. The van der Waals surface area contributed by atoms with Crippen LogP contribution in [0, 0.1) is 0 Å². The van der Waals surface area contributed by atoms with Gasteiger partial charge in [0, 0.05) is 25.4 Å². The number of benzene rings is 1. The molecule has 114 valence electrons. The van der Waals surface area contributed by atoms with Crippen molar-refractivity contribution in [3.05, 3.63) is 50.7 Å². The van der Waals surface area contributed by atoms with Crippen molar-refractivity contribution in [2.75, 3.05) is 0 Å². The number of pyridine rings is 1. The molecule has 0 amide bonds. The lowest BCUT2D eigenvalue weighted by Gasteiger charge is -2.14. The van der Waals surface area contributed by atoms with Crippen LogP contribution in [0.15, 0.2) is 33.9 Å². The molecule has 0 aliphatic carbocycles. The number of aryl methyl sites for hydroxylation is 2. The molecule has 1 aromatic carbocycles. The van der Waals surface area contributed by atoms with Gasteiger partial charge < -0.3 is 4.57 Å². The Labute approximate surface area is 127 Å². The van der Waals surface area contributed by atoms with Gasteiger partial charge >= 0.3 is 0 Å². The first-order valence-corrected chi connectivity index (χ1v) is 7.61. The summed E-state index contributed by atoms with van der Waals surface area (Å²) >= 11 is 0. The fraction of sp³-hybridized carbons (Fsp3) is 0.353. The zero-order chi connectivity index (χ0) is 15.9. The third kappa shape index (κ3) is 1.96. The topological polar surface area (TPSA) is 56.9 Å². The van der Waals surface area contributed by atoms with E-state index < -0.39 is 0 Å². The van der Waals surface area contributed by atoms with Crippen LogP contribution in [-0.2, 0) is 20.0 Å². The van der Waals surface area contributed by atoms with Gasteiger partial charge in [0.1, 0.15) is 11.2 Å². The van der Waals surface area contributed by atoms with Gasteiger partial charge in [-0.05, 0) is 18.6 Å². The number of hydrogen-bond acceptors (Lipinski definition) is 3. The maximum absolute atomic E-state index is 12.8. The minimum absolute atomic E-state index is 0.187. The van der Waals surface area contributed by atoms with Crippen molar-refractivity contribution in [2.45, 2.75) is 33.2 Å². The Morgan fingerprint density at radius 3 is 2.55 bits per heavy atom. The van der Waals surface area contributed by atoms with Crippen molar-refractivity contribution < 1.29 is 0 Å². The molecule has 0 spiro atoms. The van der Waals surface area contributed by atoms with Gasteiger partial charge in [-0.25, -0.2) is 4.98 Å². The second kappa shape index (κ2) is 5.40. The molecule has 0 atom stereocenters. The van der Waals surface area contributed by atoms with Crippen molar-refractivity contribution in [1.29, 1.82) is 0 Å². The van der Waals surface area contributed by atoms with Crippen LogP contribution >= 0.6 is 0 Å². The van der Waals surface area contributed by atoms with Crippen LogP contribution < -0.4 is 11.0 Å². The van der Waals surface area contributed by atoms with Gasteiger partial charge in [-0.2, -0.15) is 0 Å². The van der Waals surface area contributed by atoms with Crippen LogP contribution in [-0.4, -0.2) is 14.1 Å². The summed E-state index contributed by atoms with van der Waals surface area (Å²) < 4.78 is 3.47. The second-order valence-corrected chi connectivity index (χ2v) is 5.44. The maximum Gasteiger partial charge on any atom is 0.266 e. The first-order valence-electron chi connectivity index (χ1n) is 7.61. The quantitative estimate of drug-likeness (QED) is 0.697. The van der Waals surface area contributed by atoms with E-state index in [1.54, 1.807) is 10.6 Å². The molecule has 0 saturated heterocycles. The van der Waals surface area contributed by atoms with Crippen molar-refractivity contribution in [2.24, 2.45) is 7.05 Å². The third-order valence-corrected chi connectivity index (χ3v) is 4.05. The molecule has 5 nitrogen and oxygen atoms in total. The second-order valence-electron chi connectivity index (χ2n) is 5.44. The molecule has 2 heterocycles. The van der Waals surface area contributed by atoms with E-state index in [4.69, 9.17) is 0 Å². The average molecular weight is 297 g/mol. The van der Waals surface area contributed by atoms with Crippen LogP contribution in [0.4, 0.5) is 0 Å². The van der Waals surface area contributed by atoms with Gasteiger partial charge in [0.2, 0.25) is 5.43 Å². The van der Waals surface area contributed by atoms with Crippen molar-refractivity contribution in [1.82, 2.24) is 14.1 Å². The highest BCUT2D eigenvalue weighted by atomic mass is 16.1. The highest BCUT2D eigenvalue weighted by molar-refractivity contribution is 5.91. The molecule has 0 aliphatic rings. The van der Waals surface area contributed by atoms with Gasteiger partial charge in [0.25, 0.3) is 5.56 Å². The molecule has 0 fully saturated rings. The Bertz CT molecular complexity index is 983. The molecule has 0 N–H and O–H groups in total. The summed E-state index contributed by atoms with van der Waals surface area (Å²) in [5, 5.41) is 0.746. The van der Waals surface area contributed by atoms with Gasteiger partial charge in [-0.3, -0.25) is 14.2 Å². The molecule has 0 unspecified atom stereocenters. The van der Waals surface area contributed by atoms with Crippen molar-refractivity contribution >= 4 is 21.9 Å². The van der Waals surface area contributed by atoms with Crippen molar-refractivity contribution in [3.63, 3.8) is 0 Å². The lowest BCUT2D eigenvalue weighted by molar-refractivity contribution is 0.607. The fourth-order valence-corrected chi connectivity index (χ4v) is 2.96. The van der Waals surface area contributed by atoms with Gasteiger partial charge in [-0.1, -0.05) is 26.0 Å². The number of aromatic nitrogens is 3. The van der Waals surface area contributed by atoms with E-state index >= 15 is 0 Å². The van der Waals surface area contributed by atoms with Crippen LogP contribution in [0.2, 0.25) is 0 Å². The summed E-state index contributed by atoms with van der Waals surface area (Å²) in [5.41, 5.74) is 0.809. The van der Waals surface area contributed by atoms with Gasteiger partial charge in [-0.15, -0.1) is 0 Å². The first kappa shape index (κ1) is 14.5. The van der Waals surface area contributed by atoms with Gasteiger partial charge in [0.05, 0.1) is 5.52 Å². The Morgan fingerprint density at radius 1 is 1.14 bits per heavy atom. The Morgan fingerprint density at radius 2 is 1.86 bits per heavy atom. The summed E-state index contributed by atoms with van der Waals surface area (Å²) in [4.78, 5) is 30.2. The largest absolute Gasteiger partial charge is 0.328 e. The molecule has 0 aliphatic heterocycles. The van der Waals surface area contributed by atoms with E-state index in [1.165, 1.54) is 0 Å². The highest BCUT2D eigenvalue weighted by Gasteiger charge is 2.16. The third-order valence-electron chi connectivity index (χ3n) is 4.05. The smallest absolute Gasteiger partial charge is 0.266 e. The number of rotatable bonds is 3. The lowest BCUT2D eigenvalue weighted by Crippen LogP contribution is -2.30. The van der Waals surface area contributed by atoms with E-state index in [0.717, 1.165) is 17.8 Å². The average Bonchev–Trinajstić information content (AvgIpc) is 2.54. The van der Waals surface area contributed by atoms with E-state index in [2.05, 4.69) is 4.98 Å². The normalized spacial score (nSPS) is 11.4. The molecule has 0 bridgehead atoms. The summed E-state index contributed by atoms with van der Waals surface area (Å²) in [6.07, 6.45) is 1.49. The molecule has 22 heavy (non-hydrogen) atoms. The molecule has 3 aromatic rings. The number of fused-ring (bicyclic) bond motifs is 2. The number of hydrogen-bond donors (Lipinski definition) is 0. The molecule has 2 aromatic heterocycles. The summed E-state index contributed by atoms with van der Waals surface area (Å²) in [6.45, 7) is 4.56. The minimum atomic E-state index is -0.228. The molecular weight excluding hydrogens is 278 g/mol. The Kier molecular flexibility index (Phi) is 3.56. The van der Waals surface area contributed by atoms with Gasteiger partial charge in [0.15, 0.2) is 5.65 Å². The molecule has 0 radical (unpaired) electrons. The fourth-order valence-electron chi connectivity index (χ4n) is 2.96. The summed E-state index contributed by atoms with van der Waals surface area (Å²) in [5.74, 6) is 0.727. The first-order chi connectivity index (χ1) is 10.6. The molecule has 0 saturated carbocycles. The lowest BCUT2D eigenvalue weighted by atomic mass is 10.1. The molecule has 3 rings (SSSR count). The van der Waals surface area contributed by atoms with Crippen LogP contribution in [0.25, 0.3) is 21.9 Å². The summed E-state index contributed by atoms with van der Waals surface area (Å²) in [7, 11) is 1.85. The number of para-hydroxylation sites is 1. The molecular formula is C17H19N3O2. The Balaban J connectivity index is 2.60. The van der Waals surface area contributed by atoms with Crippen molar-refractivity contribution in [3.8, 4) is 0 Å². The van der Waals surface area contributed by atoms with Crippen LogP contribution in [0.5, 0.6) is 0 Å². The zero-order valence-corrected chi connectivity index (χ0v) is 13.1. The molecule has 5 heteroatoms. The van der Waals surface area contributed by atoms with Crippen LogP contribution in [0.3, 0.4) is 0 Å². The van der Waals surface area contributed by atoms with E-state index in [-0.39, 0.29) is 16.4 Å². The van der Waals surface area contributed by atoms with E-state index in [0.29, 0.717) is 24.0 Å². The predicted octanol–water partition coefficient (Wildman–Crippen LogP) is 2.22. The minimum Gasteiger partial charge on any atom is -0.328 e. The summed E-state index contributed by atoms with van der Waals surface area (Å²) in [6, 6.07) is 7.33. The number of nitrogens with zero attached hydrogens (tertiary/aromatic N) is 3. The SMILES string of the molecule is CCCn1c(CC)nc2c(c(=O)c3ccccc3n2C)c1=O. The maximum atomic E-state index is 12.8. The van der Waals surface area contributed by atoms with E-state index in [9.17, 15) is 9.59 Å². The zero-order valence-electron chi connectivity index (χ0n) is 13.1. The van der Waals surface area contributed by atoms with E-state index in [1.807, 2.05) is 43.7 Å². The monoisotopic (exact) mass is 297 g/mol. The standard InChI is InChI=1S/C17H19N3O2/c1-4-10-20-13(5-2)18-16-14(17(20)22)15(21)11-8-6-7-9-12(11)19(16)3/h6-9H,4-5,10H2,1-3H3.